The fourth-order valence-corrected chi connectivity index (χ4v) is 2.08. The Labute approximate surface area is 160 Å². The number of nitrogens with two attached hydrogens (primary N) is 1. The monoisotopic (exact) mass is 394 g/mol. The third-order valence-corrected chi connectivity index (χ3v) is 3.51. The van der Waals surface area contributed by atoms with E-state index in [9.17, 15) is 24.0 Å². The Kier molecular flexibility index (Phi) is 8.93. The Bertz CT molecular complexity index is 723. The molecule has 152 valence electrons. The summed E-state index contributed by atoms with van der Waals surface area (Å²) in [6, 6.07) is 5.73. The van der Waals surface area contributed by atoms with Gasteiger partial charge in [0.05, 0.1) is 12.8 Å². The van der Waals surface area contributed by atoms with Gasteiger partial charge in [0.2, 0.25) is 17.7 Å². The van der Waals surface area contributed by atoms with Crippen molar-refractivity contribution in [3.63, 3.8) is 0 Å². The van der Waals surface area contributed by atoms with E-state index in [2.05, 4.69) is 16.0 Å². The molecule has 0 saturated heterocycles. The lowest BCUT2D eigenvalue weighted by Gasteiger charge is -2.20. The molecule has 11 heteroatoms. The number of amides is 4. The van der Waals surface area contributed by atoms with E-state index in [-0.39, 0.29) is 6.61 Å². The second kappa shape index (κ2) is 11.2. The number of aliphatic carboxylic acids is 1. The Morgan fingerprint density at radius 3 is 2.21 bits per heavy atom. The number of benzene rings is 1. The van der Waals surface area contributed by atoms with Crippen LogP contribution >= 0.6 is 0 Å². The van der Waals surface area contributed by atoms with Crippen molar-refractivity contribution < 1.29 is 33.8 Å². The first kappa shape index (κ1) is 22.4. The van der Waals surface area contributed by atoms with Crippen LogP contribution in [0, 0.1) is 0 Å². The first-order valence-electron chi connectivity index (χ1n) is 8.22. The number of hydrogen-bond donors (Lipinski definition) is 5. The van der Waals surface area contributed by atoms with E-state index >= 15 is 0 Å². The highest BCUT2D eigenvalue weighted by Gasteiger charge is 2.29. The summed E-state index contributed by atoms with van der Waals surface area (Å²) in [5, 5.41) is 15.6. The van der Waals surface area contributed by atoms with Crippen LogP contribution in [0.15, 0.2) is 30.3 Å². The highest BCUT2D eigenvalue weighted by Crippen LogP contribution is 2.02. The van der Waals surface area contributed by atoms with E-state index in [1.165, 1.54) is 7.05 Å². The minimum absolute atomic E-state index is 0.0690. The number of carbonyl (C=O) groups is 5. The molecular formula is C17H22N4O7. The van der Waals surface area contributed by atoms with Crippen LogP contribution in [-0.4, -0.2) is 54.0 Å². The highest BCUT2D eigenvalue weighted by molar-refractivity contribution is 5.94. The van der Waals surface area contributed by atoms with Gasteiger partial charge in [0.25, 0.3) is 0 Å². The second-order valence-electron chi connectivity index (χ2n) is 5.71. The number of alkyl carbamates (subject to hydrolysis) is 1. The number of rotatable bonds is 10. The van der Waals surface area contributed by atoms with Crippen LogP contribution in [0.3, 0.4) is 0 Å². The molecule has 1 rings (SSSR count). The van der Waals surface area contributed by atoms with Gasteiger partial charge >= 0.3 is 12.1 Å². The van der Waals surface area contributed by atoms with E-state index in [0.717, 1.165) is 0 Å². The maximum absolute atomic E-state index is 12.3. The minimum Gasteiger partial charge on any atom is -0.480 e. The standard InChI is InChI=1S/C17H22N4O7/c1-19-14(23)8-11(15(24)20-12(16(25)26)7-13(18)22)21-17(27)28-9-10-5-3-2-4-6-10/h2-6,11-12H,7-9H2,1H3,(H2,18,22)(H,19,23)(H,20,24)(H,21,27)(H,25,26)/t11-,12+/m1/s1. The van der Waals surface area contributed by atoms with E-state index in [1.807, 2.05) is 0 Å². The summed E-state index contributed by atoms with van der Waals surface area (Å²) in [6.45, 7) is -0.0690. The van der Waals surface area contributed by atoms with Crippen LogP contribution in [0.25, 0.3) is 0 Å². The molecule has 28 heavy (non-hydrogen) atoms. The van der Waals surface area contributed by atoms with Crippen molar-refractivity contribution in [1.29, 1.82) is 0 Å². The summed E-state index contributed by atoms with van der Waals surface area (Å²) >= 11 is 0. The van der Waals surface area contributed by atoms with Gasteiger partial charge in [-0.15, -0.1) is 0 Å². The average molecular weight is 394 g/mol. The molecule has 2 atom stereocenters. The van der Waals surface area contributed by atoms with E-state index in [4.69, 9.17) is 15.6 Å². The predicted octanol–water partition coefficient (Wildman–Crippen LogP) is -1.14. The highest BCUT2D eigenvalue weighted by atomic mass is 16.5. The topological polar surface area (TPSA) is 177 Å². The molecular weight excluding hydrogens is 372 g/mol. The summed E-state index contributed by atoms with van der Waals surface area (Å²) in [5.41, 5.74) is 5.66. The number of nitrogens with one attached hydrogen (secondary N) is 3. The first-order chi connectivity index (χ1) is 13.2. The van der Waals surface area contributed by atoms with E-state index in [0.29, 0.717) is 5.56 Å². The number of carbonyl (C=O) groups excluding carboxylic acids is 4. The Morgan fingerprint density at radius 1 is 1.04 bits per heavy atom. The summed E-state index contributed by atoms with van der Waals surface area (Å²) in [4.78, 5) is 58.0. The number of carboxylic acids is 1. The maximum atomic E-state index is 12.3. The van der Waals surface area contributed by atoms with Crippen molar-refractivity contribution >= 4 is 29.8 Å². The number of primary amides is 1. The van der Waals surface area contributed by atoms with Crippen LogP contribution in [0.4, 0.5) is 4.79 Å². The van der Waals surface area contributed by atoms with Gasteiger partial charge in [-0.1, -0.05) is 30.3 Å². The molecule has 0 saturated carbocycles. The lowest BCUT2D eigenvalue weighted by molar-refractivity contribution is -0.143. The predicted molar refractivity (Wildman–Crippen MR) is 95.6 cm³/mol. The molecule has 0 aliphatic heterocycles. The van der Waals surface area contributed by atoms with Gasteiger partial charge in [0.1, 0.15) is 18.7 Å². The molecule has 0 aliphatic carbocycles. The van der Waals surface area contributed by atoms with Crippen molar-refractivity contribution in [1.82, 2.24) is 16.0 Å². The molecule has 4 amide bonds. The average Bonchev–Trinajstić information content (AvgIpc) is 2.65. The quantitative estimate of drug-likeness (QED) is 0.333. The summed E-state index contributed by atoms with van der Waals surface area (Å²) in [5.74, 6) is -3.98. The minimum atomic E-state index is -1.60. The molecule has 1 aromatic rings. The van der Waals surface area contributed by atoms with Crippen molar-refractivity contribution in [2.24, 2.45) is 5.73 Å². The zero-order valence-electron chi connectivity index (χ0n) is 15.1. The van der Waals surface area contributed by atoms with Crippen LogP contribution in [0.2, 0.25) is 0 Å². The third-order valence-electron chi connectivity index (χ3n) is 3.51. The molecule has 0 aliphatic rings. The fraction of sp³-hybridized carbons (Fsp3) is 0.353. The smallest absolute Gasteiger partial charge is 0.408 e. The Morgan fingerprint density at radius 2 is 1.68 bits per heavy atom. The van der Waals surface area contributed by atoms with Crippen LogP contribution in [0.5, 0.6) is 0 Å². The molecule has 0 bridgehead atoms. The van der Waals surface area contributed by atoms with Gasteiger partial charge in [0, 0.05) is 7.05 Å². The van der Waals surface area contributed by atoms with Gasteiger partial charge in [0.15, 0.2) is 0 Å². The number of ether oxygens (including phenoxy) is 1. The number of carboxylic acid groups (broad SMARTS) is 1. The fourth-order valence-electron chi connectivity index (χ4n) is 2.08. The summed E-state index contributed by atoms with van der Waals surface area (Å²) in [7, 11) is 1.33. The van der Waals surface area contributed by atoms with E-state index in [1.54, 1.807) is 30.3 Å². The molecule has 11 nitrogen and oxygen atoms in total. The SMILES string of the molecule is CNC(=O)C[C@@H](NC(=O)OCc1ccccc1)C(=O)N[C@@H](CC(N)=O)C(=O)O. The van der Waals surface area contributed by atoms with Crippen molar-refractivity contribution in [3.8, 4) is 0 Å². The van der Waals surface area contributed by atoms with E-state index < -0.39 is 54.7 Å². The molecule has 0 fully saturated rings. The first-order valence-corrected chi connectivity index (χ1v) is 8.22. The zero-order chi connectivity index (χ0) is 21.1. The lowest BCUT2D eigenvalue weighted by atomic mass is 10.1. The van der Waals surface area contributed by atoms with Gasteiger partial charge < -0.3 is 31.5 Å². The van der Waals surface area contributed by atoms with Gasteiger partial charge in [-0.25, -0.2) is 9.59 Å². The maximum Gasteiger partial charge on any atom is 0.408 e. The lowest BCUT2D eigenvalue weighted by Crippen LogP contribution is -2.53. The summed E-state index contributed by atoms with van der Waals surface area (Å²) in [6.07, 6.45) is -2.09. The zero-order valence-corrected chi connectivity index (χ0v) is 15.1. The van der Waals surface area contributed by atoms with Crippen LogP contribution in [0.1, 0.15) is 18.4 Å². The van der Waals surface area contributed by atoms with Crippen molar-refractivity contribution in [2.45, 2.75) is 31.5 Å². The third kappa shape index (κ3) is 8.17. The van der Waals surface area contributed by atoms with Crippen LogP contribution in [-0.2, 0) is 30.5 Å². The molecule has 0 heterocycles. The molecule has 0 radical (unpaired) electrons. The number of hydrogen-bond acceptors (Lipinski definition) is 6. The molecule has 0 unspecified atom stereocenters. The molecule has 6 N–H and O–H groups in total. The van der Waals surface area contributed by atoms with Crippen molar-refractivity contribution in [2.75, 3.05) is 7.05 Å². The molecule has 1 aromatic carbocycles. The molecule has 0 aromatic heterocycles. The van der Waals surface area contributed by atoms with Gasteiger partial charge in [-0.05, 0) is 5.56 Å². The molecule has 0 spiro atoms. The second-order valence-corrected chi connectivity index (χ2v) is 5.71. The summed E-state index contributed by atoms with van der Waals surface area (Å²) < 4.78 is 4.99. The van der Waals surface area contributed by atoms with Crippen molar-refractivity contribution in [3.05, 3.63) is 35.9 Å². The van der Waals surface area contributed by atoms with Crippen LogP contribution < -0.4 is 21.7 Å². The normalized spacial score (nSPS) is 12.2. The Hall–Kier alpha value is -3.63. The Balaban J connectivity index is 2.75. The van der Waals surface area contributed by atoms with Gasteiger partial charge in [-0.3, -0.25) is 14.4 Å². The van der Waals surface area contributed by atoms with Gasteiger partial charge in [-0.2, -0.15) is 0 Å². The largest absolute Gasteiger partial charge is 0.480 e.